The minimum absolute atomic E-state index is 0.257. The third-order valence-electron chi connectivity index (χ3n) is 3.94. The molecule has 0 spiro atoms. The molecule has 0 aliphatic carbocycles. The van der Waals surface area contributed by atoms with E-state index in [0.29, 0.717) is 21.7 Å². The molecule has 1 aromatic rings. The van der Waals surface area contributed by atoms with Crippen LogP contribution in [-0.2, 0) is 0 Å². The van der Waals surface area contributed by atoms with Crippen LogP contribution in [0.1, 0.15) is 19.8 Å². The average Bonchev–Trinajstić information content (AvgIpc) is 2.42. The lowest BCUT2D eigenvalue weighted by molar-refractivity contribution is 0.150. The van der Waals surface area contributed by atoms with Crippen LogP contribution >= 0.6 is 23.2 Å². The third-order valence-corrected chi connectivity index (χ3v) is 4.52. The maximum atomic E-state index is 6.16. The van der Waals surface area contributed by atoms with Gasteiger partial charge < -0.3 is 15.6 Å². The van der Waals surface area contributed by atoms with Crippen LogP contribution in [0.2, 0.25) is 10.0 Å². The van der Waals surface area contributed by atoms with Crippen molar-refractivity contribution in [2.24, 2.45) is 11.3 Å². The molecule has 5 nitrogen and oxygen atoms in total. The number of nitrogens with two attached hydrogens (primary N) is 1. The van der Waals surface area contributed by atoms with E-state index < -0.39 is 0 Å². The molecule has 1 aliphatic rings. The highest BCUT2D eigenvalue weighted by atomic mass is 35.5. The number of hydrazine groups is 1. The van der Waals surface area contributed by atoms with E-state index in [9.17, 15) is 0 Å². The fourth-order valence-corrected chi connectivity index (χ4v) is 2.80. The lowest BCUT2D eigenvalue weighted by Crippen LogP contribution is -2.40. The molecule has 0 unspecified atom stereocenters. The predicted octanol–water partition coefficient (Wildman–Crippen LogP) is 2.82. The summed E-state index contributed by atoms with van der Waals surface area (Å²) >= 11 is 12.1. The maximum absolute atomic E-state index is 6.16. The van der Waals surface area contributed by atoms with E-state index in [1.165, 1.54) is 0 Å². The second-order valence-electron chi connectivity index (χ2n) is 5.76. The minimum atomic E-state index is 0.257. The number of halogens is 2. The largest absolute Gasteiger partial charge is 0.368 e. The standard InChI is InChI=1S/C13H21Cl2N5/c1-13(3-5-20(2)6-4-13)8-17-11-9(14)7-10(15)12(18-11)19-16/h7H,3-6,8,16H2,1-2H3,(H2,17,18,19). The highest BCUT2D eigenvalue weighted by Gasteiger charge is 2.28. The molecule has 0 saturated carbocycles. The van der Waals surface area contributed by atoms with Gasteiger partial charge in [-0.2, -0.15) is 0 Å². The number of nitrogens with zero attached hydrogens (tertiary/aromatic N) is 2. The number of nitrogens with one attached hydrogen (secondary N) is 2. The Morgan fingerprint density at radius 3 is 2.50 bits per heavy atom. The molecule has 2 heterocycles. The smallest absolute Gasteiger partial charge is 0.161 e. The topological polar surface area (TPSA) is 66.2 Å². The van der Waals surface area contributed by atoms with Crippen LogP contribution < -0.4 is 16.6 Å². The van der Waals surface area contributed by atoms with Crippen molar-refractivity contribution in [3.8, 4) is 0 Å². The first-order chi connectivity index (χ1) is 9.43. The Labute approximate surface area is 129 Å². The van der Waals surface area contributed by atoms with Gasteiger partial charge in [0.05, 0.1) is 10.0 Å². The number of rotatable bonds is 4. The Balaban J connectivity index is 2.03. The molecule has 1 fully saturated rings. The molecular formula is C13H21Cl2N5. The van der Waals surface area contributed by atoms with Gasteiger partial charge in [-0.25, -0.2) is 10.8 Å². The van der Waals surface area contributed by atoms with Crippen molar-refractivity contribution in [3.63, 3.8) is 0 Å². The number of hydrogen-bond acceptors (Lipinski definition) is 5. The van der Waals surface area contributed by atoms with Crippen LogP contribution in [0.3, 0.4) is 0 Å². The van der Waals surface area contributed by atoms with E-state index in [1.54, 1.807) is 6.07 Å². The second-order valence-corrected chi connectivity index (χ2v) is 6.58. The number of likely N-dealkylation sites (tertiary alicyclic amines) is 1. The molecule has 0 atom stereocenters. The third kappa shape index (κ3) is 3.67. The number of anilines is 2. The van der Waals surface area contributed by atoms with E-state index in [-0.39, 0.29) is 5.41 Å². The lowest BCUT2D eigenvalue weighted by Gasteiger charge is -2.38. The van der Waals surface area contributed by atoms with Gasteiger partial charge in [0.25, 0.3) is 0 Å². The summed E-state index contributed by atoms with van der Waals surface area (Å²) < 4.78 is 0. The zero-order chi connectivity index (χ0) is 14.8. The summed E-state index contributed by atoms with van der Waals surface area (Å²) in [5.41, 5.74) is 2.73. The van der Waals surface area contributed by atoms with Crippen LogP contribution in [-0.4, -0.2) is 36.6 Å². The summed E-state index contributed by atoms with van der Waals surface area (Å²) in [5, 5.41) is 4.24. The normalized spacial score (nSPS) is 18.9. The van der Waals surface area contributed by atoms with Crippen LogP contribution in [0.4, 0.5) is 11.6 Å². The van der Waals surface area contributed by atoms with Gasteiger partial charge >= 0.3 is 0 Å². The quantitative estimate of drug-likeness (QED) is 0.588. The van der Waals surface area contributed by atoms with Crippen molar-refractivity contribution in [1.29, 1.82) is 0 Å². The van der Waals surface area contributed by atoms with E-state index in [0.717, 1.165) is 32.5 Å². The fraction of sp³-hybridized carbons (Fsp3) is 0.615. The zero-order valence-corrected chi connectivity index (χ0v) is 13.4. The number of aromatic nitrogens is 1. The number of pyridine rings is 1. The lowest BCUT2D eigenvalue weighted by atomic mass is 9.80. The van der Waals surface area contributed by atoms with Gasteiger partial charge in [-0.15, -0.1) is 0 Å². The van der Waals surface area contributed by atoms with Gasteiger partial charge in [-0.3, -0.25) is 0 Å². The number of hydrogen-bond donors (Lipinski definition) is 3. The second kappa shape index (κ2) is 6.35. The van der Waals surface area contributed by atoms with Crippen molar-refractivity contribution < 1.29 is 0 Å². The first-order valence-corrected chi connectivity index (χ1v) is 7.44. The Morgan fingerprint density at radius 2 is 1.90 bits per heavy atom. The fourth-order valence-electron chi connectivity index (χ4n) is 2.32. The molecule has 1 aromatic heterocycles. The summed E-state index contributed by atoms with van der Waals surface area (Å²) in [6.07, 6.45) is 2.31. The number of piperidine rings is 1. The van der Waals surface area contributed by atoms with Crippen LogP contribution in [0.5, 0.6) is 0 Å². The zero-order valence-electron chi connectivity index (χ0n) is 11.8. The van der Waals surface area contributed by atoms with Gasteiger partial charge in [0.2, 0.25) is 0 Å². The minimum Gasteiger partial charge on any atom is -0.368 e. The Hall–Kier alpha value is -0.750. The molecule has 0 radical (unpaired) electrons. The van der Waals surface area contributed by atoms with E-state index >= 15 is 0 Å². The van der Waals surface area contributed by atoms with Crippen molar-refractivity contribution >= 4 is 34.8 Å². The monoisotopic (exact) mass is 317 g/mol. The maximum Gasteiger partial charge on any atom is 0.161 e. The molecule has 4 N–H and O–H groups in total. The van der Waals surface area contributed by atoms with Crippen molar-refractivity contribution in [3.05, 3.63) is 16.1 Å². The molecule has 2 rings (SSSR count). The first-order valence-electron chi connectivity index (χ1n) is 6.69. The van der Waals surface area contributed by atoms with Gasteiger partial charge in [0.1, 0.15) is 5.82 Å². The van der Waals surface area contributed by atoms with E-state index in [1.807, 2.05) is 0 Å². The summed E-state index contributed by atoms with van der Waals surface area (Å²) in [6.45, 7) is 5.36. The molecule has 1 saturated heterocycles. The van der Waals surface area contributed by atoms with Crippen LogP contribution in [0, 0.1) is 5.41 Å². The molecular weight excluding hydrogens is 297 g/mol. The molecule has 1 aliphatic heterocycles. The Kier molecular flexibility index (Phi) is 4.96. The van der Waals surface area contributed by atoms with Gasteiger partial charge in [-0.1, -0.05) is 30.1 Å². The van der Waals surface area contributed by atoms with Crippen molar-refractivity contribution in [2.75, 3.05) is 37.4 Å². The molecule has 0 bridgehead atoms. The number of nitrogen functional groups attached to an aromatic ring is 1. The molecule has 0 aromatic carbocycles. The highest BCUT2D eigenvalue weighted by Crippen LogP contribution is 2.33. The van der Waals surface area contributed by atoms with Crippen LogP contribution in [0.15, 0.2) is 6.07 Å². The van der Waals surface area contributed by atoms with Crippen molar-refractivity contribution in [2.45, 2.75) is 19.8 Å². The summed E-state index contributed by atoms with van der Waals surface area (Å²) in [4.78, 5) is 6.65. The van der Waals surface area contributed by atoms with E-state index in [2.05, 4.69) is 34.6 Å². The summed E-state index contributed by atoms with van der Waals surface area (Å²) in [5.74, 6) is 6.41. The molecule has 0 amide bonds. The average molecular weight is 318 g/mol. The molecule has 20 heavy (non-hydrogen) atoms. The molecule has 7 heteroatoms. The van der Waals surface area contributed by atoms with E-state index in [4.69, 9.17) is 29.0 Å². The predicted molar refractivity (Wildman–Crippen MR) is 85.4 cm³/mol. The SMILES string of the molecule is CN1CCC(C)(CNc2nc(NN)c(Cl)cc2Cl)CC1. The Morgan fingerprint density at radius 1 is 1.30 bits per heavy atom. The van der Waals surface area contributed by atoms with Gasteiger partial charge in [0, 0.05) is 6.54 Å². The van der Waals surface area contributed by atoms with Crippen LogP contribution in [0.25, 0.3) is 0 Å². The Bertz CT molecular complexity index is 472. The first kappa shape index (κ1) is 15.6. The molecule has 112 valence electrons. The van der Waals surface area contributed by atoms with Gasteiger partial charge in [0.15, 0.2) is 5.82 Å². The van der Waals surface area contributed by atoms with Crippen molar-refractivity contribution in [1.82, 2.24) is 9.88 Å². The van der Waals surface area contributed by atoms with Gasteiger partial charge in [-0.05, 0) is 44.5 Å². The summed E-state index contributed by atoms with van der Waals surface area (Å²) in [6, 6.07) is 1.64. The summed E-state index contributed by atoms with van der Waals surface area (Å²) in [7, 11) is 2.16. The highest BCUT2D eigenvalue weighted by molar-refractivity contribution is 6.37.